The average molecular weight is 358 g/mol. The summed E-state index contributed by atoms with van der Waals surface area (Å²) in [6.07, 6.45) is 2.03. The summed E-state index contributed by atoms with van der Waals surface area (Å²) in [7, 11) is 0. The van der Waals surface area contributed by atoms with Crippen LogP contribution in [-0.4, -0.2) is 37.6 Å². The fourth-order valence-electron chi connectivity index (χ4n) is 3.92. The van der Waals surface area contributed by atoms with Crippen molar-refractivity contribution in [2.45, 2.75) is 32.6 Å². The van der Waals surface area contributed by atoms with Crippen LogP contribution in [0.2, 0.25) is 0 Å². The minimum absolute atomic E-state index is 0.185. The highest BCUT2D eigenvalue weighted by Gasteiger charge is 2.25. The van der Waals surface area contributed by atoms with Gasteiger partial charge >= 0.3 is 0 Å². The molecule has 0 radical (unpaired) electrons. The van der Waals surface area contributed by atoms with Crippen LogP contribution in [0.3, 0.4) is 0 Å². The van der Waals surface area contributed by atoms with Crippen LogP contribution in [0.25, 0.3) is 0 Å². The Labute approximate surface area is 155 Å². The minimum atomic E-state index is -0.220. The third-order valence-corrected chi connectivity index (χ3v) is 5.48. The summed E-state index contributed by atoms with van der Waals surface area (Å²) in [6, 6.07) is 11.9. The second-order valence-corrected chi connectivity index (χ2v) is 6.96. The highest BCUT2D eigenvalue weighted by Crippen LogP contribution is 2.39. The summed E-state index contributed by atoms with van der Waals surface area (Å²) in [6.45, 7) is 9.19. The zero-order chi connectivity index (χ0) is 18.5. The molecule has 0 N–H and O–H groups in total. The van der Waals surface area contributed by atoms with Gasteiger partial charge in [-0.25, -0.2) is 8.78 Å². The van der Waals surface area contributed by atoms with Crippen LogP contribution in [-0.2, 0) is 0 Å². The molecular weight excluding hydrogens is 330 g/mol. The molecule has 0 saturated carbocycles. The van der Waals surface area contributed by atoms with Gasteiger partial charge in [0.15, 0.2) is 0 Å². The molecule has 2 nitrogen and oxygen atoms in total. The van der Waals surface area contributed by atoms with Gasteiger partial charge in [-0.15, -0.1) is 0 Å². The third-order valence-electron chi connectivity index (χ3n) is 5.48. The maximum atomic E-state index is 14.0. The quantitative estimate of drug-likeness (QED) is 0.714. The molecule has 0 aliphatic carbocycles. The first-order chi connectivity index (χ1) is 12.6. The first kappa shape index (κ1) is 18.8. The number of nitrogens with zero attached hydrogens (tertiary/aromatic N) is 2. The molecule has 1 aliphatic rings. The molecule has 2 aromatic carbocycles. The Hall–Kier alpha value is -1.94. The van der Waals surface area contributed by atoms with E-state index in [0.29, 0.717) is 0 Å². The van der Waals surface area contributed by atoms with E-state index >= 15 is 0 Å². The number of benzene rings is 2. The molecule has 1 atom stereocenters. The SMILES string of the molecule is CCN(CC)CCN1CCCC(c2ccc(F)cc2)c2ccc(F)cc21. The number of hydrogen-bond donors (Lipinski definition) is 0. The summed E-state index contributed by atoms with van der Waals surface area (Å²) in [5, 5.41) is 0. The number of halogens is 2. The topological polar surface area (TPSA) is 6.48 Å². The molecule has 0 saturated heterocycles. The number of likely N-dealkylation sites (N-methyl/N-ethyl adjacent to an activating group) is 1. The second kappa shape index (κ2) is 8.63. The Morgan fingerprint density at radius 3 is 2.38 bits per heavy atom. The molecule has 1 unspecified atom stereocenters. The molecule has 0 fully saturated rings. The minimum Gasteiger partial charge on any atom is -0.370 e. The predicted octanol–water partition coefficient (Wildman–Crippen LogP) is 5.04. The van der Waals surface area contributed by atoms with Gasteiger partial charge in [0, 0.05) is 31.2 Å². The number of anilines is 1. The van der Waals surface area contributed by atoms with Crippen LogP contribution in [0.1, 0.15) is 43.7 Å². The Morgan fingerprint density at radius 1 is 1.00 bits per heavy atom. The predicted molar refractivity (Wildman–Crippen MR) is 104 cm³/mol. The summed E-state index contributed by atoms with van der Waals surface area (Å²) in [5.74, 6) is -0.233. The van der Waals surface area contributed by atoms with Crippen molar-refractivity contribution in [3.63, 3.8) is 0 Å². The molecule has 1 aliphatic heterocycles. The molecule has 26 heavy (non-hydrogen) atoms. The van der Waals surface area contributed by atoms with Crippen LogP contribution >= 0.6 is 0 Å². The van der Waals surface area contributed by atoms with Crippen molar-refractivity contribution in [3.8, 4) is 0 Å². The van der Waals surface area contributed by atoms with Crippen LogP contribution in [0.15, 0.2) is 42.5 Å². The summed E-state index contributed by atoms with van der Waals surface area (Å²) in [5.41, 5.74) is 3.24. The zero-order valence-corrected chi connectivity index (χ0v) is 15.7. The molecule has 3 rings (SSSR count). The highest BCUT2D eigenvalue weighted by molar-refractivity contribution is 5.58. The maximum absolute atomic E-state index is 14.0. The number of rotatable bonds is 6. The van der Waals surface area contributed by atoms with E-state index in [2.05, 4.69) is 23.6 Å². The maximum Gasteiger partial charge on any atom is 0.125 e. The molecule has 0 amide bonds. The van der Waals surface area contributed by atoms with Gasteiger partial charge in [-0.1, -0.05) is 32.0 Å². The largest absolute Gasteiger partial charge is 0.370 e. The van der Waals surface area contributed by atoms with Gasteiger partial charge in [0.25, 0.3) is 0 Å². The van der Waals surface area contributed by atoms with Crippen molar-refractivity contribution < 1.29 is 8.78 Å². The van der Waals surface area contributed by atoms with Gasteiger partial charge in [0.2, 0.25) is 0 Å². The van der Waals surface area contributed by atoms with Crippen molar-refractivity contribution in [1.82, 2.24) is 4.90 Å². The lowest BCUT2D eigenvalue weighted by atomic mass is 9.87. The summed E-state index contributed by atoms with van der Waals surface area (Å²) in [4.78, 5) is 4.71. The molecule has 0 bridgehead atoms. The number of fused-ring (bicyclic) bond motifs is 1. The first-order valence-electron chi connectivity index (χ1n) is 9.64. The van der Waals surface area contributed by atoms with Crippen molar-refractivity contribution in [1.29, 1.82) is 0 Å². The fourth-order valence-corrected chi connectivity index (χ4v) is 3.92. The molecule has 0 aromatic heterocycles. The van der Waals surface area contributed by atoms with E-state index in [1.165, 1.54) is 12.1 Å². The molecule has 2 aromatic rings. The van der Waals surface area contributed by atoms with Gasteiger partial charge in [-0.2, -0.15) is 0 Å². The zero-order valence-electron chi connectivity index (χ0n) is 15.7. The Kier molecular flexibility index (Phi) is 6.25. The van der Waals surface area contributed by atoms with E-state index in [1.807, 2.05) is 18.2 Å². The van der Waals surface area contributed by atoms with Crippen molar-refractivity contribution >= 4 is 5.69 Å². The van der Waals surface area contributed by atoms with Crippen molar-refractivity contribution in [2.24, 2.45) is 0 Å². The molecule has 0 spiro atoms. The molecule has 1 heterocycles. The molecule has 140 valence electrons. The van der Waals surface area contributed by atoms with Crippen LogP contribution < -0.4 is 4.90 Å². The van der Waals surface area contributed by atoms with Crippen LogP contribution in [0.4, 0.5) is 14.5 Å². The fraction of sp³-hybridized carbons (Fsp3) is 0.455. The monoisotopic (exact) mass is 358 g/mol. The van der Waals surface area contributed by atoms with Gasteiger partial charge in [0.05, 0.1) is 0 Å². The highest BCUT2D eigenvalue weighted by atomic mass is 19.1. The van der Waals surface area contributed by atoms with Crippen LogP contribution in [0, 0.1) is 11.6 Å². The van der Waals surface area contributed by atoms with Gasteiger partial charge in [0.1, 0.15) is 11.6 Å². The van der Waals surface area contributed by atoms with Gasteiger partial charge in [-0.05, 0) is 61.3 Å². The lowest BCUT2D eigenvalue weighted by Gasteiger charge is -2.29. The van der Waals surface area contributed by atoms with Crippen LogP contribution in [0.5, 0.6) is 0 Å². The van der Waals surface area contributed by atoms with Gasteiger partial charge < -0.3 is 9.80 Å². The molecule has 4 heteroatoms. The van der Waals surface area contributed by atoms with E-state index in [1.54, 1.807) is 12.1 Å². The smallest absolute Gasteiger partial charge is 0.125 e. The number of hydrogen-bond acceptors (Lipinski definition) is 2. The lowest BCUT2D eigenvalue weighted by Crippen LogP contribution is -2.35. The van der Waals surface area contributed by atoms with Crippen molar-refractivity contribution in [3.05, 3.63) is 65.2 Å². The Morgan fingerprint density at radius 2 is 1.69 bits per heavy atom. The summed E-state index contributed by atoms with van der Waals surface area (Å²) < 4.78 is 27.4. The average Bonchev–Trinajstić information content (AvgIpc) is 2.82. The van der Waals surface area contributed by atoms with Crippen molar-refractivity contribution in [2.75, 3.05) is 37.6 Å². The van der Waals surface area contributed by atoms with E-state index in [-0.39, 0.29) is 17.6 Å². The van der Waals surface area contributed by atoms with E-state index in [0.717, 1.165) is 62.4 Å². The van der Waals surface area contributed by atoms with E-state index in [9.17, 15) is 8.78 Å². The molecular formula is C22H28F2N2. The third kappa shape index (κ3) is 4.24. The van der Waals surface area contributed by atoms with Gasteiger partial charge in [-0.3, -0.25) is 0 Å². The first-order valence-corrected chi connectivity index (χ1v) is 9.64. The normalized spacial score (nSPS) is 17.3. The second-order valence-electron chi connectivity index (χ2n) is 6.96. The van der Waals surface area contributed by atoms with E-state index < -0.39 is 0 Å². The Balaban J connectivity index is 1.91. The lowest BCUT2D eigenvalue weighted by molar-refractivity contribution is 0.309. The standard InChI is InChI=1S/C22H28F2N2/c1-3-25(4-2)14-15-26-13-5-6-20(17-7-9-18(23)10-8-17)21-12-11-19(24)16-22(21)26/h7-12,16,20H,3-6,13-15H2,1-2H3. The Bertz CT molecular complexity index is 711. The van der Waals surface area contributed by atoms with E-state index in [4.69, 9.17) is 0 Å². The summed E-state index contributed by atoms with van der Waals surface area (Å²) >= 11 is 0.